The predicted molar refractivity (Wildman–Crippen MR) is 126 cm³/mol. The van der Waals surface area contributed by atoms with Crippen molar-refractivity contribution in [2.24, 2.45) is 0 Å². The van der Waals surface area contributed by atoms with E-state index in [-0.39, 0.29) is 11.9 Å². The molecule has 0 unspecified atom stereocenters. The molecular formula is C25H24N6O. The van der Waals surface area contributed by atoms with Gasteiger partial charge in [-0.3, -0.25) is 19.7 Å². The van der Waals surface area contributed by atoms with Crippen molar-refractivity contribution in [1.82, 2.24) is 19.9 Å². The summed E-state index contributed by atoms with van der Waals surface area (Å²) in [6.45, 7) is 1.22. The third kappa shape index (κ3) is 4.58. The van der Waals surface area contributed by atoms with Crippen LogP contribution in [0.25, 0.3) is 10.9 Å². The second-order valence-electron chi connectivity index (χ2n) is 7.90. The highest BCUT2D eigenvalue weighted by atomic mass is 16.2. The van der Waals surface area contributed by atoms with Crippen LogP contribution in [0.2, 0.25) is 0 Å². The van der Waals surface area contributed by atoms with Crippen molar-refractivity contribution < 1.29 is 4.79 Å². The Kier molecular flexibility index (Phi) is 5.72. The van der Waals surface area contributed by atoms with Crippen molar-refractivity contribution in [3.05, 3.63) is 84.9 Å². The molecule has 1 aromatic carbocycles. The quantitative estimate of drug-likeness (QED) is 0.473. The molecule has 1 amide bonds. The molecule has 4 heterocycles. The molecule has 5 rings (SSSR count). The molecular weight excluding hydrogens is 400 g/mol. The van der Waals surface area contributed by atoms with Crippen LogP contribution in [-0.4, -0.2) is 38.8 Å². The number of hydrogen-bond donors (Lipinski definition) is 2. The number of fused-ring (bicyclic) bond motifs is 1. The van der Waals surface area contributed by atoms with Gasteiger partial charge in [0.05, 0.1) is 35.7 Å². The molecule has 1 fully saturated rings. The molecule has 32 heavy (non-hydrogen) atoms. The molecule has 0 bridgehead atoms. The highest BCUT2D eigenvalue weighted by Gasteiger charge is 2.28. The number of pyridine rings is 3. The summed E-state index contributed by atoms with van der Waals surface area (Å²) in [6, 6.07) is 19.6. The zero-order chi connectivity index (χ0) is 21.8. The minimum absolute atomic E-state index is 0.0198. The first-order valence-corrected chi connectivity index (χ1v) is 10.8. The Labute approximate surface area is 186 Å². The molecule has 1 aliphatic rings. The number of nitrogens with zero attached hydrogens (tertiary/aromatic N) is 4. The number of nitrogens with one attached hydrogen (secondary N) is 2. The Balaban J connectivity index is 1.22. The zero-order valence-electron chi connectivity index (χ0n) is 17.6. The lowest BCUT2D eigenvalue weighted by Gasteiger charge is -2.23. The van der Waals surface area contributed by atoms with Gasteiger partial charge in [-0.15, -0.1) is 0 Å². The molecule has 1 atom stereocenters. The second kappa shape index (κ2) is 9.11. The van der Waals surface area contributed by atoms with E-state index in [0.29, 0.717) is 6.54 Å². The molecule has 1 aliphatic heterocycles. The van der Waals surface area contributed by atoms with Gasteiger partial charge in [-0.05, 0) is 67.9 Å². The Morgan fingerprint density at radius 2 is 1.88 bits per heavy atom. The van der Waals surface area contributed by atoms with Gasteiger partial charge < -0.3 is 10.6 Å². The number of benzene rings is 1. The van der Waals surface area contributed by atoms with Gasteiger partial charge >= 0.3 is 0 Å². The SMILES string of the molecule is O=C(CN1CCC[C@@H]1c1ccc(Nc2ccccn2)cn1)Nc1ccc2ncccc2c1. The van der Waals surface area contributed by atoms with E-state index in [1.807, 2.05) is 66.9 Å². The highest BCUT2D eigenvalue weighted by Crippen LogP contribution is 2.31. The second-order valence-corrected chi connectivity index (χ2v) is 7.90. The van der Waals surface area contributed by atoms with Gasteiger partial charge in [0.25, 0.3) is 0 Å². The molecule has 160 valence electrons. The Morgan fingerprint density at radius 3 is 2.72 bits per heavy atom. The van der Waals surface area contributed by atoms with Crippen molar-refractivity contribution in [1.29, 1.82) is 0 Å². The summed E-state index contributed by atoms with van der Waals surface area (Å²) in [5.41, 5.74) is 3.57. The van der Waals surface area contributed by atoms with Crippen LogP contribution < -0.4 is 10.6 Å². The van der Waals surface area contributed by atoms with E-state index in [1.54, 1.807) is 12.4 Å². The lowest BCUT2D eigenvalue weighted by molar-refractivity contribution is -0.117. The normalized spacial score (nSPS) is 16.2. The predicted octanol–water partition coefficient (Wildman–Crippen LogP) is 4.54. The maximum atomic E-state index is 12.7. The average Bonchev–Trinajstić information content (AvgIpc) is 3.28. The third-order valence-corrected chi connectivity index (χ3v) is 5.66. The van der Waals surface area contributed by atoms with Crippen molar-refractivity contribution >= 4 is 34.0 Å². The van der Waals surface area contributed by atoms with E-state index in [4.69, 9.17) is 0 Å². The van der Waals surface area contributed by atoms with Gasteiger partial charge in [-0.2, -0.15) is 0 Å². The van der Waals surface area contributed by atoms with E-state index in [1.165, 1.54) is 0 Å². The summed E-state index contributed by atoms with van der Waals surface area (Å²) in [5, 5.41) is 7.28. The molecule has 0 aliphatic carbocycles. The van der Waals surface area contributed by atoms with Crippen LogP contribution in [0.4, 0.5) is 17.2 Å². The van der Waals surface area contributed by atoms with Crippen LogP contribution >= 0.6 is 0 Å². The fourth-order valence-electron chi connectivity index (χ4n) is 4.15. The van der Waals surface area contributed by atoms with Crippen LogP contribution in [0.15, 0.2) is 79.3 Å². The summed E-state index contributed by atoms with van der Waals surface area (Å²) in [5.74, 6) is 0.763. The molecule has 2 N–H and O–H groups in total. The number of aromatic nitrogens is 3. The molecule has 0 radical (unpaired) electrons. The van der Waals surface area contributed by atoms with Crippen molar-refractivity contribution in [2.45, 2.75) is 18.9 Å². The summed E-state index contributed by atoms with van der Waals surface area (Å²) in [7, 11) is 0. The average molecular weight is 425 g/mol. The van der Waals surface area contributed by atoms with Crippen LogP contribution in [0, 0.1) is 0 Å². The monoisotopic (exact) mass is 424 g/mol. The topological polar surface area (TPSA) is 83.0 Å². The first kappa shape index (κ1) is 20.1. The van der Waals surface area contributed by atoms with Crippen molar-refractivity contribution in [3.8, 4) is 0 Å². The molecule has 3 aromatic heterocycles. The summed E-state index contributed by atoms with van der Waals surface area (Å²) in [4.78, 5) is 28.2. The summed E-state index contributed by atoms with van der Waals surface area (Å²) in [6.07, 6.45) is 7.39. The number of amides is 1. The maximum absolute atomic E-state index is 12.7. The van der Waals surface area contributed by atoms with Crippen molar-refractivity contribution in [2.75, 3.05) is 23.7 Å². The Bertz CT molecular complexity index is 1210. The number of carbonyl (C=O) groups excluding carboxylic acids is 1. The van der Waals surface area contributed by atoms with Crippen LogP contribution in [0.3, 0.4) is 0 Å². The first-order valence-electron chi connectivity index (χ1n) is 10.8. The lowest BCUT2D eigenvalue weighted by Crippen LogP contribution is -2.33. The molecule has 1 saturated heterocycles. The smallest absolute Gasteiger partial charge is 0.238 e. The number of hydrogen-bond acceptors (Lipinski definition) is 6. The largest absolute Gasteiger partial charge is 0.339 e. The fraction of sp³-hybridized carbons (Fsp3) is 0.200. The highest BCUT2D eigenvalue weighted by molar-refractivity contribution is 5.94. The van der Waals surface area contributed by atoms with Gasteiger partial charge in [0.1, 0.15) is 5.82 Å². The number of carbonyl (C=O) groups is 1. The van der Waals surface area contributed by atoms with E-state index >= 15 is 0 Å². The third-order valence-electron chi connectivity index (χ3n) is 5.66. The van der Waals surface area contributed by atoms with Gasteiger partial charge in [0.2, 0.25) is 5.91 Å². The van der Waals surface area contributed by atoms with E-state index < -0.39 is 0 Å². The van der Waals surface area contributed by atoms with Gasteiger partial charge in [-0.25, -0.2) is 4.98 Å². The first-order chi connectivity index (χ1) is 15.7. The molecule has 7 nitrogen and oxygen atoms in total. The van der Waals surface area contributed by atoms with Gasteiger partial charge in [0, 0.05) is 23.5 Å². The molecule has 0 saturated carbocycles. The lowest BCUT2D eigenvalue weighted by atomic mass is 10.1. The fourth-order valence-corrected chi connectivity index (χ4v) is 4.15. The number of anilines is 3. The molecule has 4 aromatic rings. The van der Waals surface area contributed by atoms with Crippen LogP contribution in [0.5, 0.6) is 0 Å². The summed E-state index contributed by atoms with van der Waals surface area (Å²) < 4.78 is 0. The molecule has 7 heteroatoms. The van der Waals surface area contributed by atoms with Crippen molar-refractivity contribution in [3.63, 3.8) is 0 Å². The van der Waals surface area contributed by atoms with Gasteiger partial charge in [0.15, 0.2) is 0 Å². The van der Waals surface area contributed by atoms with E-state index in [0.717, 1.165) is 53.2 Å². The minimum Gasteiger partial charge on any atom is -0.339 e. The Hall–Kier alpha value is -3.84. The van der Waals surface area contributed by atoms with Crippen LogP contribution in [-0.2, 0) is 4.79 Å². The zero-order valence-corrected chi connectivity index (χ0v) is 17.6. The van der Waals surface area contributed by atoms with E-state index in [9.17, 15) is 4.79 Å². The summed E-state index contributed by atoms with van der Waals surface area (Å²) >= 11 is 0. The molecule has 0 spiro atoms. The van der Waals surface area contributed by atoms with Gasteiger partial charge in [-0.1, -0.05) is 12.1 Å². The number of likely N-dealkylation sites (tertiary alicyclic amines) is 1. The van der Waals surface area contributed by atoms with Crippen LogP contribution in [0.1, 0.15) is 24.6 Å². The Morgan fingerprint density at radius 1 is 0.969 bits per heavy atom. The minimum atomic E-state index is -0.0198. The maximum Gasteiger partial charge on any atom is 0.238 e. The number of rotatable bonds is 6. The standard InChI is InChI=1S/C25H24N6O/c32-25(30-19-8-10-21-18(15-19)5-3-13-26-21)17-31-14-4-6-23(31)22-11-9-20(16-28-22)29-24-7-1-2-12-27-24/h1-3,5,7-13,15-16,23H,4,6,14,17H2,(H,27,29)(H,30,32)/t23-/m1/s1. The van der Waals surface area contributed by atoms with E-state index in [2.05, 4.69) is 30.5 Å².